The van der Waals surface area contributed by atoms with Crippen LogP contribution >= 0.6 is 0 Å². The van der Waals surface area contributed by atoms with Gasteiger partial charge in [0.2, 0.25) is 0 Å². The highest BCUT2D eigenvalue weighted by Crippen LogP contribution is 2.23. The number of anilines is 1. The zero-order valence-electron chi connectivity index (χ0n) is 11.3. The first-order valence-corrected chi connectivity index (χ1v) is 6.60. The summed E-state index contributed by atoms with van der Waals surface area (Å²) in [6.07, 6.45) is 1.66. The normalized spacial score (nSPS) is 18.2. The van der Waals surface area contributed by atoms with Gasteiger partial charge in [-0.25, -0.2) is 0 Å². The van der Waals surface area contributed by atoms with Crippen LogP contribution in [0.3, 0.4) is 0 Å². The Morgan fingerprint density at radius 2 is 2.11 bits per heavy atom. The van der Waals surface area contributed by atoms with Crippen LogP contribution < -0.4 is 10.2 Å². The van der Waals surface area contributed by atoms with Gasteiger partial charge in [-0.2, -0.15) is 0 Å². The molecule has 6 nitrogen and oxygen atoms in total. The molecule has 19 heavy (non-hydrogen) atoms. The zero-order chi connectivity index (χ0) is 13.8. The van der Waals surface area contributed by atoms with E-state index in [9.17, 15) is 9.90 Å². The molecule has 1 atom stereocenters. The summed E-state index contributed by atoms with van der Waals surface area (Å²) in [5.41, 5.74) is 0.324. The molecule has 1 aromatic heterocycles. The SMILES string of the molecule is CNC(=O)c1ccc(N2CCC(C(C)O)CC2)nn1. The van der Waals surface area contributed by atoms with E-state index in [0.29, 0.717) is 11.6 Å². The molecule has 1 saturated heterocycles. The highest BCUT2D eigenvalue weighted by Gasteiger charge is 2.23. The minimum Gasteiger partial charge on any atom is -0.393 e. The molecular formula is C13H20N4O2. The van der Waals surface area contributed by atoms with Crippen molar-refractivity contribution in [2.75, 3.05) is 25.0 Å². The maximum atomic E-state index is 11.4. The molecule has 2 heterocycles. The lowest BCUT2D eigenvalue weighted by molar-refractivity contribution is 0.0956. The van der Waals surface area contributed by atoms with Gasteiger partial charge in [-0.15, -0.1) is 10.2 Å². The van der Waals surface area contributed by atoms with E-state index in [2.05, 4.69) is 20.4 Å². The van der Waals surface area contributed by atoms with Crippen molar-refractivity contribution in [1.29, 1.82) is 0 Å². The van der Waals surface area contributed by atoms with Crippen LogP contribution in [0, 0.1) is 5.92 Å². The summed E-state index contributed by atoms with van der Waals surface area (Å²) >= 11 is 0. The molecule has 0 radical (unpaired) electrons. The van der Waals surface area contributed by atoms with Crippen molar-refractivity contribution in [2.24, 2.45) is 5.92 Å². The van der Waals surface area contributed by atoms with E-state index in [1.54, 1.807) is 13.1 Å². The van der Waals surface area contributed by atoms with Gasteiger partial charge in [0.05, 0.1) is 6.10 Å². The van der Waals surface area contributed by atoms with E-state index in [4.69, 9.17) is 0 Å². The minimum absolute atomic E-state index is 0.230. The smallest absolute Gasteiger partial charge is 0.271 e. The van der Waals surface area contributed by atoms with Crippen molar-refractivity contribution in [1.82, 2.24) is 15.5 Å². The summed E-state index contributed by atoms with van der Waals surface area (Å²) in [4.78, 5) is 13.5. The predicted octanol–water partition coefficient (Wildman–Crippen LogP) is 0.433. The van der Waals surface area contributed by atoms with E-state index in [-0.39, 0.29) is 12.0 Å². The first-order chi connectivity index (χ1) is 9.11. The molecule has 0 aliphatic carbocycles. The molecule has 1 unspecified atom stereocenters. The Balaban J connectivity index is 1.98. The Bertz CT molecular complexity index is 425. The predicted molar refractivity (Wildman–Crippen MR) is 72.0 cm³/mol. The third-order valence-corrected chi connectivity index (χ3v) is 3.66. The average Bonchev–Trinajstić information content (AvgIpc) is 2.46. The Labute approximate surface area is 112 Å². The summed E-state index contributed by atoms with van der Waals surface area (Å²) in [6.45, 7) is 3.57. The fourth-order valence-corrected chi connectivity index (χ4v) is 2.35. The molecule has 0 bridgehead atoms. The third-order valence-electron chi connectivity index (χ3n) is 3.66. The summed E-state index contributed by atoms with van der Waals surface area (Å²) in [5.74, 6) is 0.929. The van der Waals surface area contributed by atoms with Gasteiger partial charge in [0.1, 0.15) is 0 Å². The number of carbonyl (C=O) groups excluding carboxylic acids is 1. The third kappa shape index (κ3) is 3.20. The van der Waals surface area contributed by atoms with Crippen molar-refractivity contribution in [2.45, 2.75) is 25.9 Å². The van der Waals surface area contributed by atoms with E-state index in [1.807, 2.05) is 13.0 Å². The quantitative estimate of drug-likeness (QED) is 0.828. The van der Waals surface area contributed by atoms with Gasteiger partial charge in [-0.05, 0) is 37.8 Å². The molecule has 0 spiro atoms. The molecule has 0 aromatic carbocycles. The van der Waals surface area contributed by atoms with Gasteiger partial charge in [0.15, 0.2) is 11.5 Å². The lowest BCUT2D eigenvalue weighted by atomic mass is 9.92. The van der Waals surface area contributed by atoms with Crippen molar-refractivity contribution in [3.8, 4) is 0 Å². The van der Waals surface area contributed by atoms with Gasteiger partial charge >= 0.3 is 0 Å². The minimum atomic E-state index is -0.246. The second-order valence-corrected chi connectivity index (χ2v) is 4.92. The van der Waals surface area contributed by atoms with Crippen molar-refractivity contribution in [3.63, 3.8) is 0 Å². The largest absolute Gasteiger partial charge is 0.393 e. The number of aliphatic hydroxyl groups is 1. The standard InChI is InChI=1S/C13H20N4O2/c1-9(18)10-5-7-17(8-6-10)12-4-3-11(15-16-12)13(19)14-2/h3-4,9-10,18H,5-8H2,1-2H3,(H,14,19). The molecule has 1 fully saturated rings. The summed E-state index contributed by atoms with van der Waals surface area (Å²) in [5, 5.41) is 20.1. The van der Waals surface area contributed by atoms with Crippen molar-refractivity contribution >= 4 is 11.7 Å². The number of nitrogens with zero attached hydrogens (tertiary/aromatic N) is 3. The highest BCUT2D eigenvalue weighted by atomic mass is 16.3. The van der Waals surface area contributed by atoms with E-state index < -0.39 is 0 Å². The first kappa shape index (κ1) is 13.7. The Morgan fingerprint density at radius 3 is 2.58 bits per heavy atom. The van der Waals surface area contributed by atoms with Crippen LogP contribution in [0.5, 0.6) is 0 Å². The number of carbonyl (C=O) groups is 1. The molecule has 0 saturated carbocycles. The fourth-order valence-electron chi connectivity index (χ4n) is 2.35. The van der Waals surface area contributed by atoms with Gasteiger partial charge in [0.25, 0.3) is 5.91 Å². The van der Waals surface area contributed by atoms with E-state index in [1.165, 1.54) is 0 Å². The number of aromatic nitrogens is 2. The molecule has 1 aliphatic heterocycles. The van der Waals surface area contributed by atoms with Crippen LogP contribution in [0.2, 0.25) is 0 Å². The zero-order valence-corrected chi connectivity index (χ0v) is 11.3. The second kappa shape index (κ2) is 5.97. The molecule has 2 N–H and O–H groups in total. The molecule has 2 rings (SSSR count). The van der Waals surface area contributed by atoms with Gasteiger partial charge in [-0.1, -0.05) is 0 Å². The highest BCUT2D eigenvalue weighted by molar-refractivity contribution is 5.91. The monoisotopic (exact) mass is 264 g/mol. The first-order valence-electron chi connectivity index (χ1n) is 6.60. The number of hydrogen-bond acceptors (Lipinski definition) is 5. The molecule has 1 aromatic rings. The van der Waals surface area contributed by atoms with E-state index >= 15 is 0 Å². The number of nitrogens with one attached hydrogen (secondary N) is 1. The van der Waals surface area contributed by atoms with Crippen LogP contribution in [0.1, 0.15) is 30.3 Å². The number of amides is 1. The molecule has 104 valence electrons. The molecule has 6 heteroatoms. The molecule has 1 amide bonds. The van der Waals surface area contributed by atoms with Gasteiger partial charge in [-0.3, -0.25) is 4.79 Å². The fraction of sp³-hybridized carbons (Fsp3) is 0.615. The molecule has 1 aliphatic rings. The van der Waals surface area contributed by atoms with Crippen LogP contribution in [0.25, 0.3) is 0 Å². The maximum Gasteiger partial charge on any atom is 0.271 e. The number of aliphatic hydroxyl groups excluding tert-OH is 1. The average molecular weight is 264 g/mol. The van der Waals surface area contributed by atoms with Crippen LogP contribution in [-0.4, -0.2) is 47.5 Å². The lowest BCUT2D eigenvalue weighted by Crippen LogP contribution is -2.37. The number of piperidine rings is 1. The van der Waals surface area contributed by atoms with Gasteiger partial charge in [0, 0.05) is 20.1 Å². The van der Waals surface area contributed by atoms with Gasteiger partial charge < -0.3 is 15.3 Å². The van der Waals surface area contributed by atoms with Crippen LogP contribution in [-0.2, 0) is 0 Å². The van der Waals surface area contributed by atoms with Crippen LogP contribution in [0.15, 0.2) is 12.1 Å². The van der Waals surface area contributed by atoms with Crippen molar-refractivity contribution < 1.29 is 9.90 Å². The summed E-state index contributed by atoms with van der Waals surface area (Å²) in [6, 6.07) is 3.50. The Hall–Kier alpha value is -1.69. The second-order valence-electron chi connectivity index (χ2n) is 4.92. The maximum absolute atomic E-state index is 11.4. The summed E-state index contributed by atoms with van der Waals surface area (Å²) < 4.78 is 0. The summed E-state index contributed by atoms with van der Waals surface area (Å²) in [7, 11) is 1.57. The Morgan fingerprint density at radius 1 is 1.42 bits per heavy atom. The van der Waals surface area contributed by atoms with Crippen LogP contribution in [0.4, 0.5) is 5.82 Å². The lowest BCUT2D eigenvalue weighted by Gasteiger charge is -2.33. The molecular weight excluding hydrogens is 244 g/mol. The topological polar surface area (TPSA) is 78.4 Å². The van der Waals surface area contributed by atoms with E-state index in [0.717, 1.165) is 31.7 Å². The van der Waals surface area contributed by atoms with Crippen molar-refractivity contribution in [3.05, 3.63) is 17.8 Å². The number of hydrogen-bond donors (Lipinski definition) is 2. The number of rotatable bonds is 3. The Kier molecular flexibility index (Phi) is 4.31.